The van der Waals surface area contributed by atoms with Gasteiger partial charge in [-0.1, -0.05) is 12.1 Å². The first-order valence-corrected chi connectivity index (χ1v) is 7.08. The Morgan fingerprint density at radius 2 is 2.15 bits per heavy atom. The first kappa shape index (κ1) is 12.9. The van der Waals surface area contributed by atoms with Crippen molar-refractivity contribution in [3.63, 3.8) is 0 Å². The maximum atomic E-state index is 13.1. The minimum Gasteiger partial charge on any atom is -0.397 e. The van der Waals surface area contributed by atoms with Gasteiger partial charge in [-0.3, -0.25) is 0 Å². The molecule has 0 unspecified atom stereocenters. The van der Waals surface area contributed by atoms with Crippen molar-refractivity contribution in [2.45, 2.75) is 13.5 Å². The molecule has 2 aromatic carbocycles. The van der Waals surface area contributed by atoms with Gasteiger partial charge in [-0.15, -0.1) is 11.3 Å². The Morgan fingerprint density at radius 3 is 2.95 bits per heavy atom. The number of aryl methyl sites for hydroxylation is 1. The summed E-state index contributed by atoms with van der Waals surface area (Å²) in [6.45, 7) is 2.50. The molecule has 0 amide bonds. The first-order valence-electron chi connectivity index (χ1n) is 6.27. The number of rotatable bonds is 3. The van der Waals surface area contributed by atoms with Crippen LogP contribution >= 0.6 is 11.3 Å². The molecule has 102 valence electrons. The summed E-state index contributed by atoms with van der Waals surface area (Å²) >= 11 is 1.62. The van der Waals surface area contributed by atoms with Gasteiger partial charge < -0.3 is 11.1 Å². The van der Waals surface area contributed by atoms with Crippen molar-refractivity contribution < 1.29 is 4.39 Å². The Balaban J connectivity index is 1.85. The molecule has 3 aromatic rings. The number of nitrogen functional groups attached to an aromatic ring is 1. The SMILES string of the molecule is Cc1nc2cc(NCc3cccc(F)c3)c(N)cc2s1. The van der Waals surface area contributed by atoms with Gasteiger partial charge in [0, 0.05) is 6.54 Å². The van der Waals surface area contributed by atoms with Crippen LogP contribution in [0.3, 0.4) is 0 Å². The van der Waals surface area contributed by atoms with Crippen molar-refractivity contribution >= 4 is 32.9 Å². The van der Waals surface area contributed by atoms with E-state index in [0.29, 0.717) is 12.2 Å². The molecule has 20 heavy (non-hydrogen) atoms. The van der Waals surface area contributed by atoms with E-state index in [1.807, 2.05) is 25.1 Å². The van der Waals surface area contributed by atoms with E-state index in [-0.39, 0.29) is 5.82 Å². The number of hydrogen-bond acceptors (Lipinski definition) is 4. The molecule has 0 aliphatic rings. The monoisotopic (exact) mass is 287 g/mol. The summed E-state index contributed by atoms with van der Waals surface area (Å²) in [6, 6.07) is 10.4. The second-order valence-corrected chi connectivity index (χ2v) is 5.86. The van der Waals surface area contributed by atoms with Crippen LogP contribution in [0.15, 0.2) is 36.4 Å². The molecular weight excluding hydrogens is 273 g/mol. The Kier molecular flexibility index (Phi) is 3.28. The van der Waals surface area contributed by atoms with Gasteiger partial charge >= 0.3 is 0 Å². The van der Waals surface area contributed by atoms with Crippen LogP contribution in [0.4, 0.5) is 15.8 Å². The number of nitrogens with two attached hydrogens (primary N) is 1. The lowest BCUT2D eigenvalue weighted by atomic mass is 10.2. The Hall–Kier alpha value is -2.14. The molecule has 5 heteroatoms. The second-order valence-electron chi connectivity index (χ2n) is 4.62. The number of aromatic nitrogens is 1. The summed E-state index contributed by atoms with van der Waals surface area (Å²) in [5.41, 5.74) is 9.34. The van der Waals surface area contributed by atoms with E-state index in [2.05, 4.69) is 10.3 Å². The minimum atomic E-state index is -0.233. The molecule has 3 nitrogen and oxygen atoms in total. The lowest BCUT2D eigenvalue weighted by Crippen LogP contribution is -2.02. The summed E-state index contributed by atoms with van der Waals surface area (Å²) in [4.78, 5) is 4.45. The predicted molar refractivity (Wildman–Crippen MR) is 82.5 cm³/mol. The van der Waals surface area contributed by atoms with Crippen molar-refractivity contribution in [2.75, 3.05) is 11.1 Å². The van der Waals surface area contributed by atoms with Crippen molar-refractivity contribution in [1.82, 2.24) is 4.98 Å². The van der Waals surface area contributed by atoms with E-state index in [1.165, 1.54) is 12.1 Å². The molecule has 0 saturated carbocycles. The zero-order valence-corrected chi connectivity index (χ0v) is 11.8. The van der Waals surface area contributed by atoms with E-state index in [4.69, 9.17) is 5.73 Å². The number of anilines is 2. The fourth-order valence-electron chi connectivity index (χ4n) is 2.10. The van der Waals surface area contributed by atoms with Crippen molar-refractivity contribution in [2.24, 2.45) is 0 Å². The van der Waals surface area contributed by atoms with E-state index in [1.54, 1.807) is 17.4 Å². The van der Waals surface area contributed by atoms with Gasteiger partial charge in [-0.25, -0.2) is 9.37 Å². The van der Waals surface area contributed by atoms with Crippen LogP contribution in [0.2, 0.25) is 0 Å². The quantitative estimate of drug-likeness (QED) is 0.717. The van der Waals surface area contributed by atoms with Crippen LogP contribution < -0.4 is 11.1 Å². The number of nitrogens with zero attached hydrogens (tertiary/aromatic N) is 1. The average Bonchev–Trinajstić information content (AvgIpc) is 2.75. The number of hydrogen-bond donors (Lipinski definition) is 2. The Morgan fingerprint density at radius 1 is 1.30 bits per heavy atom. The van der Waals surface area contributed by atoms with Crippen molar-refractivity contribution in [3.05, 3.63) is 52.8 Å². The third kappa shape index (κ3) is 2.58. The number of nitrogens with one attached hydrogen (secondary N) is 1. The van der Waals surface area contributed by atoms with Gasteiger partial charge in [-0.2, -0.15) is 0 Å². The molecule has 1 heterocycles. The average molecular weight is 287 g/mol. The van der Waals surface area contributed by atoms with Gasteiger partial charge in [-0.05, 0) is 36.8 Å². The van der Waals surface area contributed by atoms with Gasteiger partial charge in [0.15, 0.2) is 0 Å². The van der Waals surface area contributed by atoms with E-state index in [0.717, 1.165) is 26.5 Å². The standard InChI is InChI=1S/C15H14FN3S/c1-9-19-14-7-13(12(17)6-15(14)20-9)18-8-10-3-2-4-11(16)5-10/h2-7,18H,8,17H2,1H3. The van der Waals surface area contributed by atoms with E-state index >= 15 is 0 Å². The van der Waals surface area contributed by atoms with Gasteiger partial charge in [0.1, 0.15) is 5.82 Å². The summed E-state index contributed by atoms with van der Waals surface area (Å²) in [6.07, 6.45) is 0. The maximum Gasteiger partial charge on any atom is 0.123 e. The van der Waals surface area contributed by atoms with Crippen LogP contribution in [-0.2, 0) is 6.54 Å². The third-order valence-electron chi connectivity index (χ3n) is 3.04. The van der Waals surface area contributed by atoms with Crippen LogP contribution in [0, 0.1) is 12.7 Å². The zero-order valence-electron chi connectivity index (χ0n) is 11.0. The number of halogens is 1. The summed E-state index contributed by atoms with van der Waals surface area (Å²) < 4.78 is 14.2. The number of benzene rings is 2. The molecule has 3 rings (SSSR count). The normalized spacial score (nSPS) is 10.9. The fourth-order valence-corrected chi connectivity index (χ4v) is 2.96. The second kappa shape index (κ2) is 5.09. The highest BCUT2D eigenvalue weighted by atomic mass is 32.1. The maximum absolute atomic E-state index is 13.1. The van der Waals surface area contributed by atoms with Crippen LogP contribution in [-0.4, -0.2) is 4.98 Å². The summed E-state index contributed by atoms with van der Waals surface area (Å²) in [7, 11) is 0. The molecule has 0 bridgehead atoms. The Labute approximate surface area is 120 Å². The van der Waals surface area contributed by atoms with Crippen LogP contribution in [0.1, 0.15) is 10.6 Å². The molecule has 1 aromatic heterocycles. The van der Waals surface area contributed by atoms with Crippen LogP contribution in [0.25, 0.3) is 10.2 Å². The highest BCUT2D eigenvalue weighted by molar-refractivity contribution is 7.18. The molecule has 3 N–H and O–H groups in total. The minimum absolute atomic E-state index is 0.233. The number of thiazole rings is 1. The molecular formula is C15H14FN3S. The lowest BCUT2D eigenvalue weighted by molar-refractivity contribution is 0.626. The summed E-state index contributed by atoms with van der Waals surface area (Å²) in [5.74, 6) is -0.233. The molecule has 0 aliphatic carbocycles. The van der Waals surface area contributed by atoms with Crippen molar-refractivity contribution in [1.29, 1.82) is 0 Å². The molecule has 0 fully saturated rings. The van der Waals surface area contributed by atoms with Gasteiger partial charge in [0.2, 0.25) is 0 Å². The van der Waals surface area contributed by atoms with Gasteiger partial charge in [0.25, 0.3) is 0 Å². The van der Waals surface area contributed by atoms with E-state index in [9.17, 15) is 4.39 Å². The predicted octanol–water partition coefficient (Wildman–Crippen LogP) is 3.94. The molecule has 0 aliphatic heterocycles. The highest BCUT2D eigenvalue weighted by Gasteiger charge is 2.06. The Bertz CT molecular complexity index is 767. The first-order chi connectivity index (χ1) is 9.61. The fraction of sp³-hybridized carbons (Fsp3) is 0.133. The molecule has 0 atom stereocenters. The van der Waals surface area contributed by atoms with Crippen LogP contribution in [0.5, 0.6) is 0 Å². The lowest BCUT2D eigenvalue weighted by Gasteiger charge is -2.09. The van der Waals surface area contributed by atoms with Gasteiger partial charge in [0.05, 0.1) is 26.6 Å². The van der Waals surface area contributed by atoms with E-state index < -0.39 is 0 Å². The molecule has 0 radical (unpaired) electrons. The molecule has 0 spiro atoms. The molecule has 0 saturated heterocycles. The smallest absolute Gasteiger partial charge is 0.123 e. The zero-order chi connectivity index (χ0) is 14.1. The highest BCUT2D eigenvalue weighted by Crippen LogP contribution is 2.29. The number of fused-ring (bicyclic) bond motifs is 1. The largest absolute Gasteiger partial charge is 0.397 e. The third-order valence-corrected chi connectivity index (χ3v) is 3.97. The summed E-state index contributed by atoms with van der Waals surface area (Å²) in [5, 5.41) is 4.25. The van der Waals surface area contributed by atoms with Crippen molar-refractivity contribution in [3.8, 4) is 0 Å². The topological polar surface area (TPSA) is 50.9 Å².